The molecule has 2 aromatic rings. The van der Waals surface area contributed by atoms with E-state index in [0.29, 0.717) is 0 Å². The maximum Gasteiger partial charge on any atom is 0.244 e. The van der Waals surface area contributed by atoms with E-state index in [1.54, 1.807) is 24.3 Å². The van der Waals surface area contributed by atoms with Crippen LogP contribution in [-0.4, -0.2) is 58.7 Å². The summed E-state index contributed by atoms with van der Waals surface area (Å²) < 4.78 is 59.1. The van der Waals surface area contributed by atoms with Crippen LogP contribution in [0.3, 0.4) is 0 Å². The molecule has 1 aliphatic rings. The second-order valence-electron chi connectivity index (χ2n) is 6.52. The second kappa shape index (κ2) is 8.41. The molecule has 11 heteroatoms. The van der Waals surface area contributed by atoms with Crippen molar-refractivity contribution in [1.82, 2.24) is 8.61 Å². The van der Waals surface area contributed by atoms with Gasteiger partial charge >= 0.3 is 0 Å². The van der Waals surface area contributed by atoms with Gasteiger partial charge in [0.25, 0.3) is 0 Å². The highest BCUT2D eigenvalue weighted by molar-refractivity contribution is 7.89. The predicted octanol–water partition coefficient (Wildman–Crippen LogP) is 3.01. The van der Waals surface area contributed by atoms with Gasteiger partial charge in [-0.25, -0.2) is 16.8 Å². The molecule has 1 aliphatic heterocycles. The summed E-state index contributed by atoms with van der Waals surface area (Å²) in [5.41, 5.74) is 0.954. The lowest BCUT2D eigenvalue weighted by atomic mass is 10.2. The number of benzene rings is 2. The van der Waals surface area contributed by atoms with Gasteiger partial charge < -0.3 is 4.74 Å². The van der Waals surface area contributed by atoms with Gasteiger partial charge in [0, 0.05) is 26.2 Å². The van der Waals surface area contributed by atoms with Crippen molar-refractivity contribution >= 4 is 43.2 Å². The lowest BCUT2D eigenvalue weighted by molar-refractivity contribution is 0.273. The number of methoxy groups -OCH3 is 1. The Hall–Kier alpha value is -1.36. The number of piperazine rings is 1. The summed E-state index contributed by atoms with van der Waals surface area (Å²) in [4.78, 5) is 0.0456. The molecule has 0 aliphatic carbocycles. The number of aryl methyl sites for hydroxylation is 1. The molecule has 1 saturated heterocycles. The highest BCUT2D eigenvalue weighted by Gasteiger charge is 2.35. The van der Waals surface area contributed by atoms with E-state index in [0.717, 1.165) is 5.56 Å². The van der Waals surface area contributed by atoms with Gasteiger partial charge in [-0.1, -0.05) is 40.9 Å². The Balaban J connectivity index is 1.80. The number of halogens is 2. The van der Waals surface area contributed by atoms with E-state index < -0.39 is 20.0 Å². The minimum absolute atomic E-state index is 0.00734. The molecule has 29 heavy (non-hydrogen) atoms. The van der Waals surface area contributed by atoms with Crippen LogP contribution in [0.1, 0.15) is 5.56 Å². The predicted molar refractivity (Wildman–Crippen MR) is 112 cm³/mol. The van der Waals surface area contributed by atoms with Crippen molar-refractivity contribution in [2.45, 2.75) is 16.7 Å². The Morgan fingerprint density at radius 3 is 1.83 bits per heavy atom. The smallest absolute Gasteiger partial charge is 0.244 e. The Morgan fingerprint density at radius 2 is 1.31 bits per heavy atom. The van der Waals surface area contributed by atoms with E-state index in [1.165, 1.54) is 27.9 Å². The lowest BCUT2D eigenvalue weighted by Crippen LogP contribution is -2.50. The van der Waals surface area contributed by atoms with Gasteiger partial charge in [-0.15, -0.1) is 0 Å². The summed E-state index contributed by atoms with van der Waals surface area (Å²) in [6, 6.07) is 9.31. The van der Waals surface area contributed by atoms with E-state index in [1.807, 2.05) is 6.92 Å². The first-order chi connectivity index (χ1) is 13.6. The van der Waals surface area contributed by atoms with Crippen molar-refractivity contribution in [2.75, 3.05) is 33.3 Å². The van der Waals surface area contributed by atoms with Crippen molar-refractivity contribution < 1.29 is 21.6 Å². The molecule has 0 radical (unpaired) electrons. The number of nitrogens with zero attached hydrogens (tertiary/aromatic N) is 2. The highest BCUT2D eigenvalue weighted by atomic mass is 35.5. The average molecular weight is 479 g/mol. The highest BCUT2D eigenvalue weighted by Crippen LogP contribution is 2.38. The van der Waals surface area contributed by atoms with Gasteiger partial charge in [-0.05, 0) is 31.2 Å². The van der Waals surface area contributed by atoms with Crippen LogP contribution >= 0.6 is 23.2 Å². The molecular weight excluding hydrogens is 459 g/mol. The maximum atomic E-state index is 13.0. The molecule has 7 nitrogen and oxygen atoms in total. The van der Waals surface area contributed by atoms with E-state index >= 15 is 0 Å². The van der Waals surface area contributed by atoms with Gasteiger partial charge in [0.05, 0.1) is 17.0 Å². The Bertz CT molecular complexity index is 1110. The van der Waals surface area contributed by atoms with Crippen molar-refractivity contribution in [3.05, 3.63) is 52.0 Å². The fourth-order valence-corrected chi connectivity index (χ4v) is 6.68. The Morgan fingerprint density at radius 1 is 0.793 bits per heavy atom. The first-order valence-corrected chi connectivity index (χ1v) is 12.3. The third kappa shape index (κ3) is 4.26. The summed E-state index contributed by atoms with van der Waals surface area (Å²) in [6.07, 6.45) is 0. The summed E-state index contributed by atoms with van der Waals surface area (Å²) in [5.74, 6) is 0.268. The monoisotopic (exact) mass is 478 g/mol. The Kier molecular flexibility index (Phi) is 6.47. The third-order valence-corrected chi connectivity index (χ3v) is 9.54. The fourth-order valence-electron chi connectivity index (χ4n) is 3.02. The largest absolute Gasteiger partial charge is 0.495 e. The molecule has 1 heterocycles. The van der Waals surface area contributed by atoms with Crippen LogP contribution in [0.4, 0.5) is 0 Å². The minimum Gasteiger partial charge on any atom is -0.495 e. The number of sulfonamides is 2. The molecule has 0 amide bonds. The zero-order valence-corrected chi connectivity index (χ0v) is 18.9. The second-order valence-corrected chi connectivity index (χ2v) is 11.1. The van der Waals surface area contributed by atoms with E-state index in [2.05, 4.69) is 0 Å². The lowest BCUT2D eigenvalue weighted by Gasteiger charge is -2.33. The normalized spacial score (nSPS) is 16.7. The first-order valence-electron chi connectivity index (χ1n) is 8.68. The van der Waals surface area contributed by atoms with Crippen LogP contribution in [0.5, 0.6) is 5.75 Å². The zero-order valence-electron chi connectivity index (χ0n) is 15.8. The quantitative estimate of drug-likeness (QED) is 0.659. The van der Waals surface area contributed by atoms with Crippen LogP contribution in [0.25, 0.3) is 0 Å². The molecule has 1 fully saturated rings. The van der Waals surface area contributed by atoms with E-state index in [-0.39, 0.29) is 51.8 Å². The van der Waals surface area contributed by atoms with Gasteiger partial charge in [0.1, 0.15) is 15.7 Å². The van der Waals surface area contributed by atoms with E-state index in [9.17, 15) is 16.8 Å². The number of rotatable bonds is 5. The fraction of sp³-hybridized carbons (Fsp3) is 0.333. The third-order valence-electron chi connectivity index (χ3n) is 4.71. The molecule has 0 atom stereocenters. The minimum atomic E-state index is -3.94. The molecule has 3 rings (SSSR count). The summed E-state index contributed by atoms with van der Waals surface area (Å²) in [5, 5.41) is -0.114. The molecule has 0 aromatic heterocycles. The number of hydrogen-bond acceptors (Lipinski definition) is 5. The number of hydrogen-bond donors (Lipinski definition) is 0. The standard InChI is InChI=1S/C18H20Cl2N2O5S2/c1-13-3-5-14(6-4-13)28(23,24)21-9-11-22(12-10-21)29(25,26)16-8-7-15(27-2)17(19)18(16)20/h3-8H,9-12H2,1-2H3. The van der Waals surface area contributed by atoms with Crippen molar-refractivity contribution in [1.29, 1.82) is 0 Å². The molecular formula is C18H20Cl2N2O5S2. The topological polar surface area (TPSA) is 84.0 Å². The van der Waals surface area contributed by atoms with Crippen LogP contribution in [0, 0.1) is 6.92 Å². The van der Waals surface area contributed by atoms with Crippen LogP contribution in [-0.2, 0) is 20.0 Å². The SMILES string of the molecule is COc1ccc(S(=O)(=O)N2CCN(S(=O)(=O)c3ccc(C)cc3)CC2)c(Cl)c1Cl. The molecule has 0 bridgehead atoms. The van der Waals surface area contributed by atoms with Crippen LogP contribution in [0.15, 0.2) is 46.2 Å². The summed E-state index contributed by atoms with van der Waals surface area (Å²) in [7, 11) is -6.23. The Labute approximate surface area is 180 Å². The van der Waals surface area contributed by atoms with Gasteiger partial charge in [-0.3, -0.25) is 0 Å². The van der Waals surface area contributed by atoms with Crippen LogP contribution < -0.4 is 4.74 Å². The first kappa shape index (κ1) is 22.3. The van der Waals surface area contributed by atoms with Crippen LogP contribution in [0.2, 0.25) is 10.0 Å². The zero-order chi connectivity index (χ0) is 21.4. The van der Waals surface area contributed by atoms with Crippen molar-refractivity contribution in [3.8, 4) is 5.75 Å². The molecule has 2 aromatic carbocycles. The van der Waals surface area contributed by atoms with Gasteiger partial charge in [-0.2, -0.15) is 8.61 Å². The summed E-state index contributed by atoms with van der Waals surface area (Å²) >= 11 is 12.2. The molecule has 0 unspecified atom stereocenters. The molecule has 0 N–H and O–H groups in total. The summed E-state index contributed by atoms with van der Waals surface area (Å²) in [6.45, 7) is 1.96. The maximum absolute atomic E-state index is 13.0. The number of ether oxygens (including phenoxy) is 1. The van der Waals surface area contributed by atoms with Crippen molar-refractivity contribution in [3.63, 3.8) is 0 Å². The van der Waals surface area contributed by atoms with E-state index in [4.69, 9.17) is 27.9 Å². The van der Waals surface area contributed by atoms with Gasteiger partial charge in [0.15, 0.2) is 0 Å². The van der Waals surface area contributed by atoms with Crippen molar-refractivity contribution in [2.24, 2.45) is 0 Å². The molecule has 0 saturated carbocycles. The average Bonchev–Trinajstić information content (AvgIpc) is 2.70. The molecule has 0 spiro atoms. The van der Waals surface area contributed by atoms with Gasteiger partial charge in [0.2, 0.25) is 20.0 Å². The molecule has 158 valence electrons.